The lowest BCUT2D eigenvalue weighted by Gasteiger charge is -2.00. The first-order valence-electron chi connectivity index (χ1n) is 3.42. The number of hydrogen-bond acceptors (Lipinski definition) is 3. The molecule has 0 spiro atoms. The molecule has 13 heavy (non-hydrogen) atoms. The van der Waals surface area contributed by atoms with E-state index in [1.165, 1.54) is 0 Å². The summed E-state index contributed by atoms with van der Waals surface area (Å²) in [7, 11) is 0. The summed E-state index contributed by atoms with van der Waals surface area (Å²) in [6.45, 7) is 5.43. The second kappa shape index (κ2) is 7.42. The van der Waals surface area contributed by atoms with E-state index in [1.54, 1.807) is 6.92 Å². The Morgan fingerprint density at radius 2 is 2.08 bits per heavy atom. The minimum absolute atomic E-state index is 0. The number of aliphatic imine (C=N–C) groups is 1. The normalized spacial score (nSPS) is 8.08. The highest BCUT2D eigenvalue weighted by atomic mass is 35.5. The summed E-state index contributed by atoms with van der Waals surface area (Å²) in [4.78, 5) is 14.4. The molecule has 0 radical (unpaired) electrons. The van der Waals surface area contributed by atoms with Crippen LogP contribution in [0, 0.1) is 0 Å². The van der Waals surface area contributed by atoms with Crippen LogP contribution in [0.4, 0.5) is 0 Å². The van der Waals surface area contributed by atoms with Gasteiger partial charge in [-0.05, 0) is 6.92 Å². The average Bonchev–Trinajstić information content (AvgIpc) is 1.97. The smallest absolute Gasteiger partial charge is 0.333 e. The number of carbonyl (C=O) groups is 1. The molecular weight excluding hydrogens is 194 g/mol. The number of halogens is 1. The predicted molar refractivity (Wildman–Crippen MR) is 53.7 cm³/mol. The van der Waals surface area contributed by atoms with Gasteiger partial charge in [0.1, 0.15) is 6.61 Å². The van der Waals surface area contributed by atoms with Gasteiger partial charge in [-0.15, -0.1) is 12.4 Å². The Labute approximate surface area is 83.2 Å². The highest BCUT2D eigenvalue weighted by Gasteiger charge is 2.00. The Hall–Kier alpha value is -1.23. The van der Waals surface area contributed by atoms with Crippen LogP contribution < -0.4 is 11.5 Å². The monoisotopic (exact) mass is 207 g/mol. The lowest BCUT2D eigenvalue weighted by molar-refractivity contribution is -0.138. The van der Waals surface area contributed by atoms with Gasteiger partial charge < -0.3 is 16.2 Å². The number of nitrogens with zero attached hydrogens (tertiary/aromatic N) is 1. The number of hydrogen-bond donors (Lipinski definition) is 2. The first kappa shape index (κ1) is 14.3. The quantitative estimate of drug-likeness (QED) is 0.220. The van der Waals surface area contributed by atoms with Gasteiger partial charge in [0.15, 0.2) is 5.96 Å². The molecule has 4 N–H and O–H groups in total. The molecule has 0 rings (SSSR count). The van der Waals surface area contributed by atoms with Gasteiger partial charge in [-0.3, -0.25) is 4.99 Å². The van der Waals surface area contributed by atoms with Gasteiger partial charge in [0.2, 0.25) is 0 Å². The minimum atomic E-state index is -0.430. The van der Waals surface area contributed by atoms with E-state index in [-0.39, 0.29) is 31.5 Å². The molecule has 0 aromatic carbocycles. The Morgan fingerprint density at radius 3 is 2.46 bits per heavy atom. The van der Waals surface area contributed by atoms with Crippen molar-refractivity contribution in [3.63, 3.8) is 0 Å². The average molecular weight is 208 g/mol. The van der Waals surface area contributed by atoms with E-state index in [0.717, 1.165) is 0 Å². The van der Waals surface area contributed by atoms with Crippen LogP contribution in [0.3, 0.4) is 0 Å². The fourth-order valence-corrected chi connectivity index (χ4v) is 0.436. The summed E-state index contributed by atoms with van der Waals surface area (Å²) in [5.41, 5.74) is 10.4. The minimum Gasteiger partial charge on any atom is -0.460 e. The summed E-state index contributed by atoms with van der Waals surface area (Å²) in [5, 5.41) is 0. The fourth-order valence-electron chi connectivity index (χ4n) is 0.436. The lowest BCUT2D eigenvalue weighted by Crippen LogP contribution is -2.23. The van der Waals surface area contributed by atoms with Gasteiger partial charge in [-0.1, -0.05) is 6.58 Å². The van der Waals surface area contributed by atoms with Crippen LogP contribution in [-0.2, 0) is 9.53 Å². The number of rotatable bonds is 4. The fraction of sp³-hybridized carbons (Fsp3) is 0.429. The van der Waals surface area contributed by atoms with Crippen LogP contribution in [0.15, 0.2) is 17.1 Å². The molecule has 6 heteroatoms. The van der Waals surface area contributed by atoms with Crippen LogP contribution in [0.5, 0.6) is 0 Å². The zero-order valence-electron chi connectivity index (χ0n) is 7.45. The van der Waals surface area contributed by atoms with Crippen LogP contribution in [0.25, 0.3) is 0 Å². The second-order valence-corrected chi connectivity index (χ2v) is 2.22. The molecule has 0 saturated heterocycles. The van der Waals surface area contributed by atoms with Crippen LogP contribution >= 0.6 is 12.4 Å². The first-order valence-corrected chi connectivity index (χ1v) is 3.42. The molecule has 0 atom stereocenters. The van der Waals surface area contributed by atoms with Gasteiger partial charge >= 0.3 is 5.97 Å². The molecule has 0 saturated carbocycles. The van der Waals surface area contributed by atoms with Gasteiger partial charge in [0.05, 0.1) is 6.54 Å². The maximum absolute atomic E-state index is 10.8. The predicted octanol–water partition coefficient (Wildman–Crippen LogP) is -0.199. The number of esters is 1. The number of carbonyl (C=O) groups excluding carboxylic acids is 1. The molecule has 0 aliphatic heterocycles. The van der Waals surface area contributed by atoms with Crippen molar-refractivity contribution < 1.29 is 9.53 Å². The van der Waals surface area contributed by atoms with Crippen LogP contribution in [-0.4, -0.2) is 25.1 Å². The summed E-state index contributed by atoms with van der Waals surface area (Å²) < 4.78 is 4.70. The van der Waals surface area contributed by atoms with Crippen LogP contribution in [0.1, 0.15) is 6.92 Å². The largest absolute Gasteiger partial charge is 0.460 e. The number of guanidine groups is 1. The third-order valence-electron chi connectivity index (χ3n) is 0.967. The van der Waals surface area contributed by atoms with Crippen molar-refractivity contribution in [2.75, 3.05) is 13.2 Å². The standard InChI is InChI=1S/C7H13N3O2.ClH/c1-5(2)6(11)12-4-3-10-7(8)9;/h1,3-4H2,2H3,(H4,8,9,10);1H. The summed E-state index contributed by atoms with van der Waals surface area (Å²) in [5.74, 6) is -0.442. The summed E-state index contributed by atoms with van der Waals surface area (Å²) in [6.07, 6.45) is 0. The zero-order valence-corrected chi connectivity index (χ0v) is 8.26. The lowest BCUT2D eigenvalue weighted by atomic mass is 10.4. The molecule has 0 amide bonds. The van der Waals surface area contributed by atoms with E-state index in [9.17, 15) is 4.79 Å². The van der Waals surface area contributed by atoms with Crippen molar-refractivity contribution in [3.8, 4) is 0 Å². The van der Waals surface area contributed by atoms with E-state index in [1.807, 2.05) is 0 Å². The van der Waals surface area contributed by atoms with Crippen molar-refractivity contribution in [3.05, 3.63) is 12.2 Å². The molecule has 0 bridgehead atoms. The Kier molecular flexibility index (Phi) is 8.16. The molecule has 0 fully saturated rings. The van der Waals surface area contributed by atoms with Gasteiger partial charge in [0, 0.05) is 5.57 Å². The number of nitrogens with two attached hydrogens (primary N) is 2. The SMILES string of the molecule is C=C(C)C(=O)OCCN=C(N)N.Cl. The topological polar surface area (TPSA) is 90.7 Å². The van der Waals surface area contributed by atoms with Crippen molar-refractivity contribution >= 4 is 24.3 Å². The summed E-state index contributed by atoms with van der Waals surface area (Å²) >= 11 is 0. The van der Waals surface area contributed by atoms with Gasteiger partial charge in [0.25, 0.3) is 0 Å². The third kappa shape index (κ3) is 8.68. The summed E-state index contributed by atoms with van der Waals surface area (Å²) in [6, 6.07) is 0. The molecule has 76 valence electrons. The number of ether oxygens (including phenoxy) is 1. The highest BCUT2D eigenvalue weighted by molar-refractivity contribution is 5.86. The first-order chi connectivity index (χ1) is 5.54. The van der Waals surface area contributed by atoms with E-state index < -0.39 is 5.97 Å². The molecule has 0 aliphatic carbocycles. The molecule has 0 aliphatic rings. The van der Waals surface area contributed by atoms with Crippen molar-refractivity contribution in [2.45, 2.75) is 6.92 Å². The zero-order chi connectivity index (χ0) is 9.56. The molecule has 0 unspecified atom stereocenters. The Bertz CT molecular complexity index is 212. The van der Waals surface area contributed by atoms with Gasteiger partial charge in [-0.2, -0.15) is 0 Å². The van der Waals surface area contributed by atoms with Crippen molar-refractivity contribution in [2.24, 2.45) is 16.5 Å². The van der Waals surface area contributed by atoms with E-state index in [4.69, 9.17) is 16.2 Å². The molecule has 0 aromatic heterocycles. The van der Waals surface area contributed by atoms with E-state index >= 15 is 0 Å². The van der Waals surface area contributed by atoms with Crippen molar-refractivity contribution in [1.29, 1.82) is 0 Å². The third-order valence-corrected chi connectivity index (χ3v) is 0.967. The van der Waals surface area contributed by atoms with Crippen LogP contribution in [0.2, 0.25) is 0 Å². The van der Waals surface area contributed by atoms with E-state index in [0.29, 0.717) is 5.57 Å². The molecule has 5 nitrogen and oxygen atoms in total. The van der Waals surface area contributed by atoms with E-state index in [2.05, 4.69) is 11.6 Å². The van der Waals surface area contributed by atoms with Gasteiger partial charge in [-0.25, -0.2) is 4.79 Å². The maximum atomic E-state index is 10.8. The molecular formula is C7H14ClN3O2. The molecule has 0 heterocycles. The van der Waals surface area contributed by atoms with Crippen molar-refractivity contribution in [1.82, 2.24) is 0 Å². The maximum Gasteiger partial charge on any atom is 0.333 e. The Morgan fingerprint density at radius 1 is 1.54 bits per heavy atom. The Balaban J connectivity index is 0. The molecule has 0 aromatic rings. The highest BCUT2D eigenvalue weighted by Crippen LogP contribution is 1.90. The second-order valence-electron chi connectivity index (χ2n) is 2.22.